The summed E-state index contributed by atoms with van der Waals surface area (Å²) in [4.78, 5) is 0. The average Bonchev–Trinajstić information content (AvgIpc) is 2.24. The van der Waals surface area contributed by atoms with Gasteiger partial charge < -0.3 is 11.1 Å². The second kappa shape index (κ2) is 5.50. The predicted octanol–water partition coefficient (Wildman–Crippen LogP) is 2.67. The number of hydrogen-bond acceptors (Lipinski definition) is 2. The molecule has 0 aliphatic heterocycles. The van der Waals surface area contributed by atoms with Crippen LogP contribution in [-0.4, -0.2) is 18.6 Å². The van der Waals surface area contributed by atoms with E-state index in [0.717, 1.165) is 18.4 Å². The van der Waals surface area contributed by atoms with Crippen molar-refractivity contribution in [3.8, 4) is 0 Å². The van der Waals surface area contributed by atoms with Crippen LogP contribution >= 0.6 is 0 Å². The van der Waals surface area contributed by atoms with Crippen LogP contribution in [0.5, 0.6) is 0 Å². The van der Waals surface area contributed by atoms with E-state index >= 15 is 0 Å². The van der Waals surface area contributed by atoms with Crippen molar-refractivity contribution in [2.75, 3.05) is 13.1 Å². The maximum Gasteiger partial charge on any atom is 0.0329 e. The van der Waals surface area contributed by atoms with E-state index in [1.54, 1.807) is 0 Å². The van der Waals surface area contributed by atoms with Crippen molar-refractivity contribution in [2.24, 2.45) is 17.6 Å². The number of hydrogen-bond donors (Lipinski definition) is 2. The minimum absolute atomic E-state index is 0.266. The van der Waals surface area contributed by atoms with Crippen molar-refractivity contribution < 1.29 is 0 Å². The van der Waals surface area contributed by atoms with Crippen LogP contribution in [-0.2, 0) is 0 Å². The second-order valence-corrected chi connectivity index (χ2v) is 6.02. The van der Waals surface area contributed by atoms with E-state index < -0.39 is 0 Å². The molecule has 16 heavy (non-hydrogen) atoms. The van der Waals surface area contributed by atoms with Crippen LogP contribution in [0.15, 0.2) is 0 Å². The van der Waals surface area contributed by atoms with Crippen molar-refractivity contribution in [1.82, 2.24) is 5.32 Å². The molecule has 0 spiro atoms. The molecule has 2 heteroatoms. The van der Waals surface area contributed by atoms with Gasteiger partial charge in [0.1, 0.15) is 0 Å². The molecule has 2 atom stereocenters. The lowest BCUT2D eigenvalue weighted by Crippen LogP contribution is -2.57. The minimum Gasteiger partial charge on any atom is -0.329 e. The zero-order valence-corrected chi connectivity index (χ0v) is 10.8. The van der Waals surface area contributed by atoms with E-state index in [1.165, 1.54) is 57.9 Å². The summed E-state index contributed by atoms with van der Waals surface area (Å²) >= 11 is 0. The topological polar surface area (TPSA) is 38.0 Å². The minimum atomic E-state index is 0.266. The van der Waals surface area contributed by atoms with Gasteiger partial charge in [0.25, 0.3) is 0 Å². The molecule has 2 aliphatic rings. The standard InChI is InChI=1S/C14H28N2/c1-12-5-2-3-9-14(12,11-15)16-10-8-13-6-4-7-13/h12-13,16H,2-11,15H2,1H3. The van der Waals surface area contributed by atoms with Gasteiger partial charge in [-0.05, 0) is 37.6 Å². The van der Waals surface area contributed by atoms with Gasteiger partial charge in [-0.3, -0.25) is 0 Å². The molecule has 2 rings (SSSR count). The fourth-order valence-corrected chi connectivity index (χ4v) is 3.36. The van der Waals surface area contributed by atoms with E-state index in [1.807, 2.05) is 0 Å². The Morgan fingerprint density at radius 3 is 2.56 bits per heavy atom. The van der Waals surface area contributed by atoms with Crippen molar-refractivity contribution in [2.45, 2.75) is 63.8 Å². The maximum absolute atomic E-state index is 6.03. The van der Waals surface area contributed by atoms with E-state index in [9.17, 15) is 0 Å². The van der Waals surface area contributed by atoms with Crippen LogP contribution < -0.4 is 11.1 Å². The third-order valence-electron chi connectivity index (χ3n) is 5.07. The number of nitrogens with one attached hydrogen (secondary N) is 1. The van der Waals surface area contributed by atoms with Gasteiger partial charge in [-0.15, -0.1) is 0 Å². The smallest absolute Gasteiger partial charge is 0.0329 e. The number of rotatable bonds is 5. The molecule has 0 bridgehead atoms. The van der Waals surface area contributed by atoms with Crippen molar-refractivity contribution >= 4 is 0 Å². The van der Waals surface area contributed by atoms with Gasteiger partial charge in [-0.2, -0.15) is 0 Å². The molecular formula is C14H28N2. The molecule has 94 valence electrons. The Bertz CT molecular complexity index is 213. The average molecular weight is 224 g/mol. The second-order valence-electron chi connectivity index (χ2n) is 6.02. The molecule has 0 aromatic heterocycles. The Balaban J connectivity index is 1.77. The van der Waals surface area contributed by atoms with Crippen LogP contribution in [0.2, 0.25) is 0 Å². The van der Waals surface area contributed by atoms with Crippen molar-refractivity contribution in [1.29, 1.82) is 0 Å². The van der Waals surface area contributed by atoms with Crippen molar-refractivity contribution in [3.63, 3.8) is 0 Å². The predicted molar refractivity (Wildman–Crippen MR) is 69.4 cm³/mol. The molecule has 0 saturated heterocycles. The molecule has 2 aliphatic carbocycles. The summed E-state index contributed by atoms with van der Waals surface area (Å²) in [5.41, 5.74) is 6.30. The molecule has 2 fully saturated rings. The highest BCUT2D eigenvalue weighted by Crippen LogP contribution is 2.34. The lowest BCUT2D eigenvalue weighted by atomic mass is 9.73. The summed E-state index contributed by atoms with van der Waals surface area (Å²) in [6.45, 7) is 4.38. The summed E-state index contributed by atoms with van der Waals surface area (Å²) in [5, 5.41) is 3.81. The monoisotopic (exact) mass is 224 g/mol. The van der Waals surface area contributed by atoms with Gasteiger partial charge in [-0.25, -0.2) is 0 Å². The van der Waals surface area contributed by atoms with Gasteiger partial charge in [0.15, 0.2) is 0 Å². The molecule has 2 unspecified atom stereocenters. The third kappa shape index (κ3) is 2.60. The van der Waals surface area contributed by atoms with Gasteiger partial charge >= 0.3 is 0 Å². The zero-order chi connectivity index (χ0) is 11.4. The van der Waals surface area contributed by atoms with E-state index in [2.05, 4.69) is 12.2 Å². The normalized spacial score (nSPS) is 36.0. The summed E-state index contributed by atoms with van der Waals surface area (Å²) in [7, 11) is 0. The van der Waals surface area contributed by atoms with Gasteiger partial charge in [-0.1, -0.05) is 39.0 Å². The van der Waals surface area contributed by atoms with Crippen LogP contribution in [0, 0.1) is 11.8 Å². The molecule has 0 amide bonds. The summed E-state index contributed by atoms with van der Waals surface area (Å²) in [6, 6.07) is 0. The maximum atomic E-state index is 6.03. The molecular weight excluding hydrogens is 196 g/mol. The first kappa shape index (κ1) is 12.4. The highest BCUT2D eigenvalue weighted by molar-refractivity contribution is 4.96. The molecule has 0 aromatic carbocycles. The molecule has 0 aromatic rings. The van der Waals surface area contributed by atoms with Crippen LogP contribution in [0.1, 0.15) is 58.3 Å². The Kier molecular flexibility index (Phi) is 4.26. The molecule has 2 nitrogen and oxygen atoms in total. The van der Waals surface area contributed by atoms with E-state index in [4.69, 9.17) is 5.73 Å². The Labute approximate surface area is 100 Å². The Morgan fingerprint density at radius 2 is 2.00 bits per heavy atom. The quantitative estimate of drug-likeness (QED) is 0.753. The van der Waals surface area contributed by atoms with Crippen LogP contribution in [0.3, 0.4) is 0 Å². The number of nitrogens with two attached hydrogens (primary N) is 1. The van der Waals surface area contributed by atoms with Gasteiger partial charge in [0, 0.05) is 12.1 Å². The van der Waals surface area contributed by atoms with Crippen molar-refractivity contribution in [3.05, 3.63) is 0 Å². The Hall–Kier alpha value is -0.0800. The first-order valence-corrected chi connectivity index (χ1v) is 7.22. The molecule has 0 radical (unpaired) electrons. The van der Waals surface area contributed by atoms with E-state index in [0.29, 0.717) is 0 Å². The summed E-state index contributed by atoms with van der Waals surface area (Å²) < 4.78 is 0. The lowest BCUT2D eigenvalue weighted by Gasteiger charge is -2.43. The molecule has 3 N–H and O–H groups in total. The Morgan fingerprint density at radius 1 is 1.19 bits per heavy atom. The van der Waals surface area contributed by atoms with E-state index in [-0.39, 0.29) is 5.54 Å². The first-order valence-electron chi connectivity index (χ1n) is 7.22. The fraction of sp³-hybridized carbons (Fsp3) is 1.00. The van der Waals surface area contributed by atoms with Gasteiger partial charge in [0.05, 0.1) is 0 Å². The largest absolute Gasteiger partial charge is 0.329 e. The highest BCUT2D eigenvalue weighted by Gasteiger charge is 2.36. The summed E-state index contributed by atoms with van der Waals surface area (Å²) in [5.74, 6) is 1.77. The highest BCUT2D eigenvalue weighted by atomic mass is 15.0. The fourth-order valence-electron chi connectivity index (χ4n) is 3.36. The summed E-state index contributed by atoms with van der Waals surface area (Å²) in [6.07, 6.45) is 11.2. The van der Waals surface area contributed by atoms with Gasteiger partial charge in [0.2, 0.25) is 0 Å². The zero-order valence-electron chi connectivity index (χ0n) is 10.8. The first-order chi connectivity index (χ1) is 7.77. The van der Waals surface area contributed by atoms with Crippen LogP contribution in [0.4, 0.5) is 0 Å². The third-order valence-corrected chi connectivity index (χ3v) is 5.07. The van der Waals surface area contributed by atoms with Crippen LogP contribution in [0.25, 0.3) is 0 Å². The SMILES string of the molecule is CC1CCCCC1(CN)NCCC1CCC1. The molecule has 2 saturated carbocycles. The molecule has 0 heterocycles. The lowest BCUT2D eigenvalue weighted by molar-refractivity contribution is 0.154.